The molecule has 0 N–H and O–H groups in total. The van der Waals surface area contributed by atoms with E-state index in [1.54, 1.807) is 0 Å². The summed E-state index contributed by atoms with van der Waals surface area (Å²) in [5, 5.41) is 4.89. The highest BCUT2D eigenvalue weighted by Gasteiger charge is 2.19. The summed E-state index contributed by atoms with van der Waals surface area (Å²) < 4.78 is 1.96. The van der Waals surface area contributed by atoms with Crippen LogP contribution in [-0.2, 0) is 0 Å². The number of likely N-dealkylation sites (N-methyl/N-ethyl adjacent to an activating group) is 1. The van der Waals surface area contributed by atoms with E-state index in [0.29, 0.717) is 0 Å². The second kappa shape index (κ2) is 10.1. The molecule has 6 nitrogen and oxygen atoms in total. The number of aryl methyl sites for hydroxylation is 1. The maximum absolute atomic E-state index is 4.89. The maximum Gasteiger partial charge on any atom is 0.154 e. The van der Waals surface area contributed by atoms with Crippen LogP contribution in [0, 0.1) is 6.92 Å². The number of fused-ring (bicyclic) bond motifs is 1. The van der Waals surface area contributed by atoms with Crippen LogP contribution in [0.5, 0.6) is 0 Å². The molecule has 3 aromatic heterocycles. The molecule has 1 aliphatic rings. The number of halogens is 3. The number of hydrogen-bond acceptors (Lipinski definition) is 5. The van der Waals surface area contributed by atoms with Crippen LogP contribution in [0.15, 0.2) is 36.7 Å². The summed E-state index contributed by atoms with van der Waals surface area (Å²) in [7, 11) is 0. The number of pyridine rings is 1. The number of imidazole rings is 1. The Kier molecular flexibility index (Phi) is 8.75. The quantitative estimate of drug-likeness (QED) is 0.635. The van der Waals surface area contributed by atoms with Crippen LogP contribution in [0.25, 0.3) is 16.9 Å². The Bertz CT molecular complexity index is 847. The van der Waals surface area contributed by atoms with Gasteiger partial charge in [0.05, 0.1) is 11.4 Å². The van der Waals surface area contributed by atoms with Crippen LogP contribution >= 0.6 is 37.2 Å². The Morgan fingerprint density at radius 1 is 0.926 bits per heavy atom. The van der Waals surface area contributed by atoms with Gasteiger partial charge in [-0.05, 0) is 37.7 Å². The number of hydrogen-bond donors (Lipinski definition) is 0. The Morgan fingerprint density at radius 2 is 1.59 bits per heavy atom. The number of piperazine rings is 1. The van der Waals surface area contributed by atoms with E-state index >= 15 is 0 Å². The average molecular weight is 432 g/mol. The van der Waals surface area contributed by atoms with Gasteiger partial charge in [0, 0.05) is 44.1 Å². The van der Waals surface area contributed by atoms with Gasteiger partial charge in [-0.1, -0.05) is 6.92 Å². The van der Waals surface area contributed by atoms with Gasteiger partial charge in [-0.2, -0.15) is 0 Å². The molecule has 0 amide bonds. The number of aromatic nitrogens is 4. The molecule has 1 saturated heterocycles. The first-order valence-electron chi connectivity index (χ1n) is 8.50. The maximum atomic E-state index is 4.89. The van der Waals surface area contributed by atoms with Crippen LogP contribution < -0.4 is 4.90 Å². The Morgan fingerprint density at radius 3 is 2.22 bits per heavy atom. The summed E-state index contributed by atoms with van der Waals surface area (Å²) in [5.41, 5.74) is 4.01. The van der Waals surface area contributed by atoms with Crippen molar-refractivity contribution in [2.24, 2.45) is 0 Å². The zero-order chi connectivity index (χ0) is 16.5. The standard InChI is InChI=1S/C18H22N6.3ClH/c1-3-22-10-12-23(13-11-22)17-5-4-16-20-14(2)18(24(16)21-17)15-6-8-19-9-7-15;;;/h4-9H,3,10-13H2,1-2H3;3*1H. The molecule has 0 spiro atoms. The Hall–Kier alpha value is -1.60. The molecule has 3 aromatic rings. The predicted octanol–water partition coefficient (Wildman–Crippen LogP) is 3.51. The van der Waals surface area contributed by atoms with Crippen LogP contribution in [0.3, 0.4) is 0 Å². The van der Waals surface area contributed by atoms with E-state index in [1.165, 1.54) is 0 Å². The topological polar surface area (TPSA) is 49.6 Å². The van der Waals surface area contributed by atoms with Crippen molar-refractivity contribution in [1.29, 1.82) is 0 Å². The predicted molar refractivity (Wildman–Crippen MR) is 117 cm³/mol. The third kappa shape index (κ3) is 4.63. The van der Waals surface area contributed by atoms with Gasteiger partial charge in [-0.3, -0.25) is 4.98 Å². The minimum atomic E-state index is 0. The highest BCUT2D eigenvalue weighted by molar-refractivity contribution is 5.86. The molecule has 4 heterocycles. The Balaban J connectivity index is 0.00000121. The molecule has 27 heavy (non-hydrogen) atoms. The lowest BCUT2D eigenvalue weighted by molar-refractivity contribution is 0.270. The molecular weight excluding hydrogens is 407 g/mol. The zero-order valence-electron chi connectivity index (χ0n) is 15.4. The van der Waals surface area contributed by atoms with Crippen molar-refractivity contribution in [2.75, 3.05) is 37.6 Å². The van der Waals surface area contributed by atoms with Gasteiger partial charge in [0.15, 0.2) is 5.65 Å². The molecular formula is C18H25Cl3N6. The summed E-state index contributed by atoms with van der Waals surface area (Å²) in [5.74, 6) is 1.02. The lowest BCUT2D eigenvalue weighted by Crippen LogP contribution is -2.46. The molecule has 1 fully saturated rings. The third-order valence-corrected chi connectivity index (χ3v) is 4.73. The van der Waals surface area contributed by atoms with E-state index in [4.69, 9.17) is 5.10 Å². The van der Waals surface area contributed by atoms with Crippen molar-refractivity contribution in [3.05, 3.63) is 42.4 Å². The van der Waals surface area contributed by atoms with Crippen molar-refractivity contribution >= 4 is 48.7 Å². The lowest BCUT2D eigenvalue weighted by atomic mass is 10.2. The monoisotopic (exact) mass is 430 g/mol. The number of anilines is 1. The van der Waals surface area contributed by atoms with Crippen LogP contribution in [0.1, 0.15) is 12.6 Å². The van der Waals surface area contributed by atoms with Gasteiger partial charge in [-0.15, -0.1) is 42.3 Å². The van der Waals surface area contributed by atoms with Gasteiger partial charge in [-0.25, -0.2) is 9.50 Å². The number of rotatable bonds is 3. The summed E-state index contributed by atoms with van der Waals surface area (Å²) in [6.07, 6.45) is 3.62. The van der Waals surface area contributed by atoms with E-state index in [0.717, 1.165) is 61.1 Å². The second-order valence-corrected chi connectivity index (χ2v) is 6.16. The Labute approximate surface area is 178 Å². The average Bonchev–Trinajstić information content (AvgIpc) is 2.97. The van der Waals surface area contributed by atoms with Gasteiger partial charge < -0.3 is 9.80 Å². The smallest absolute Gasteiger partial charge is 0.154 e. The summed E-state index contributed by atoms with van der Waals surface area (Å²) in [4.78, 5) is 13.6. The molecule has 0 aliphatic carbocycles. The third-order valence-electron chi connectivity index (χ3n) is 4.73. The normalized spacial score (nSPS) is 14.2. The summed E-state index contributed by atoms with van der Waals surface area (Å²) in [6, 6.07) is 8.15. The van der Waals surface area contributed by atoms with E-state index in [9.17, 15) is 0 Å². The van der Waals surface area contributed by atoms with E-state index in [2.05, 4.69) is 38.8 Å². The fourth-order valence-corrected chi connectivity index (χ4v) is 3.34. The van der Waals surface area contributed by atoms with Gasteiger partial charge in [0.25, 0.3) is 0 Å². The largest absolute Gasteiger partial charge is 0.353 e. The van der Waals surface area contributed by atoms with Crippen LogP contribution in [-0.4, -0.2) is 57.2 Å². The summed E-state index contributed by atoms with van der Waals surface area (Å²) in [6.45, 7) is 9.59. The molecule has 0 radical (unpaired) electrons. The second-order valence-electron chi connectivity index (χ2n) is 6.16. The molecule has 0 atom stereocenters. The zero-order valence-corrected chi connectivity index (χ0v) is 17.9. The van der Waals surface area contributed by atoms with Crippen molar-refractivity contribution in [3.63, 3.8) is 0 Å². The molecule has 4 rings (SSSR count). The minimum Gasteiger partial charge on any atom is -0.353 e. The molecule has 9 heteroatoms. The first-order valence-corrected chi connectivity index (χ1v) is 8.50. The van der Waals surface area contributed by atoms with Crippen molar-refractivity contribution < 1.29 is 0 Å². The molecule has 0 aromatic carbocycles. The van der Waals surface area contributed by atoms with Gasteiger partial charge in [0.2, 0.25) is 0 Å². The van der Waals surface area contributed by atoms with Crippen LogP contribution in [0.2, 0.25) is 0 Å². The van der Waals surface area contributed by atoms with Crippen molar-refractivity contribution in [2.45, 2.75) is 13.8 Å². The van der Waals surface area contributed by atoms with E-state index in [1.807, 2.05) is 36.0 Å². The minimum absolute atomic E-state index is 0. The first-order chi connectivity index (χ1) is 11.8. The number of nitrogens with zero attached hydrogens (tertiary/aromatic N) is 6. The van der Waals surface area contributed by atoms with Crippen LogP contribution in [0.4, 0.5) is 5.82 Å². The highest BCUT2D eigenvalue weighted by Crippen LogP contribution is 2.25. The van der Waals surface area contributed by atoms with E-state index in [-0.39, 0.29) is 37.2 Å². The SMILES string of the molecule is CCN1CCN(c2ccc3nc(C)c(-c4ccncc4)n3n2)CC1.Cl.Cl.Cl. The fraction of sp³-hybridized carbons (Fsp3) is 0.389. The van der Waals surface area contributed by atoms with Crippen molar-refractivity contribution in [1.82, 2.24) is 24.5 Å². The molecule has 0 bridgehead atoms. The summed E-state index contributed by atoms with van der Waals surface area (Å²) >= 11 is 0. The highest BCUT2D eigenvalue weighted by atomic mass is 35.5. The van der Waals surface area contributed by atoms with E-state index < -0.39 is 0 Å². The molecule has 1 aliphatic heterocycles. The van der Waals surface area contributed by atoms with Crippen molar-refractivity contribution in [3.8, 4) is 11.3 Å². The molecule has 0 saturated carbocycles. The lowest BCUT2D eigenvalue weighted by Gasteiger charge is -2.34. The molecule has 0 unspecified atom stereocenters. The first kappa shape index (κ1) is 23.4. The van der Waals surface area contributed by atoms with Gasteiger partial charge >= 0.3 is 0 Å². The molecule has 148 valence electrons. The van der Waals surface area contributed by atoms with Gasteiger partial charge in [0.1, 0.15) is 5.82 Å². The fourth-order valence-electron chi connectivity index (χ4n) is 3.34.